The van der Waals surface area contributed by atoms with Crippen LogP contribution in [-0.4, -0.2) is 5.97 Å². The van der Waals surface area contributed by atoms with Gasteiger partial charge >= 0.3 is 5.97 Å². The summed E-state index contributed by atoms with van der Waals surface area (Å²) in [4.78, 5) is 10.9. The zero-order chi connectivity index (χ0) is 10.6. The lowest BCUT2D eigenvalue weighted by atomic mass is 10.0. The Morgan fingerprint density at radius 2 is 2.07 bits per heavy atom. The molecule has 0 fully saturated rings. The monoisotopic (exact) mass is 192 g/mol. The molecule has 0 saturated heterocycles. The van der Waals surface area contributed by atoms with E-state index >= 15 is 0 Å². The molecule has 0 aromatic rings. The molecule has 76 valence electrons. The standard InChI is InChI=1S/C12H16O2/c1-9(2)11-7-5-4-6-8-12(11)14-10(3)13/h4,6,8H,5,7H2,1-3H3. The molecule has 0 atom stereocenters. The van der Waals surface area contributed by atoms with Crippen LogP contribution in [0, 0.1) is 0 Å². The topological polar surface area (TPSA) is 26.3 Å². The third kappa shape index (κ3) is 2.87. The Labute approximate surface area is 85.0 Å². The first-order valence-corrected chi connectivity index (χ1v) is 4.83. The Balaban J connectivity index is 2.94. The molecule has 2 heteroatoms. The van der Waals surface area contributed by atoms with Crippen LogP contribution in [0.15, 0.2) is 35.1 Å². The van der Waals surface area contributed by atoms with Gasteiger partial charge in [-0.1, -0.05) is 17.7 Å². The molecule has 2 nitrogen and oxygen atoms in total. The Kier molecular flexibility index (Phi) is 3.69. The number of ether oxygens (including phenoxy) is 1. The fraction of sp³-hybridized carbons (Fsp3) is 0.417. The zero-order valence-electron chi connectivity index (χ0n) is 8.96. The molecule has 0 aliphatic heterocycles. The summed E-state index contributed by atoms with van der Waals surface area (Å²) in [6.45, 7) is 5.51. The van der Waals surface area contributed by atoms with E-state index in [1.54, 1.807) is 0 Å². The highest BCUT2D eigenvalue weighted by atomic mass is 16.5. The van der Waals surface area contributed by atoms with Gasteiger partial charge in [-0.05, 0) is 38.3 Å². The normalized spacial score (nSPS) is 15.9. The molecule has 14 heavy (non-hydrogen) atoms. The first-order valence-electron chi connectivity index (χ1n) is 4.83. The minimum Gasteiger partial charge on any atom is -0.426 e. The van der Waals surface area contributed by atoms with Gasteiger partial charge in [-0.25, -0.2) is 0 Å². The van der Waals surface area contributed by atoms with Crippen molar-refractivity contribution in [3.8, 4) is 0 Å². The van der Waals surface area contributed by atoms with Crippen molar-refractivity contribution < 1.29 is 9.53 Å². The van der Waals surface area contributed by atoms with E-state index in [1.165, 1.54) is 12.5 Å². The van der Waals surface area contributed by atoms with Crippen molar-refractivity contribution in [2.45, 2.75) is 33.6 Å². The van der Waals surface area contributed by atoms with E-state index in [2.05, 4.69) is 6.08 Å². The Morgan fingerprint density at radius 3 is 2.64 bits per heavy atom. The third-order valence-electron chi connectivity index (χ3n) is 2.10. The molecule has 0 saturated carbocycles. The summed E-state index contributed by atoms with van der Waals surface area (Å²) < 4.78 is 5.16. The molecule has 0 radical (unpaired) electrons. The highest BCUT2D eigenvalue weighted by Gasteiger charge is 2.11. The van der Waals surface area contributed by atoms with E-state index in [4.69, 9.17) is 4.74 Å². The van der Waals surface area contributed by atoms with Gasteiger partial charge in [0.05, 0.1) is 0 Å². The van der Waals surface area contributed by atoms with Crippen molar-refractivity contribution in [2.24, 2.45) is 0 Å². The molecule has 0 spiro atoms. The van der Waals surface area contributed by atoms with Crippen LogP contribution in [0.3, 0.4) is 0 Å². The number of carbonyl (C=O) groups excluding carboxylic acids is 1. The van der Waals surface area contributed by atoms with Crippen LogP contribution >= 0.6 is 0 Å². The molecule has 1 rings (SSSR count). The summed E-state index contributed by atoms with van der Waals surface area (Å²) in [5, 5.41) is 0. The lowest BCUT2D eigenvalue weighted by Gasteiger charge is -2.11. The second-order valence-electron chi connectivity index (χ2n) is 3.57. The number of hydrogen-bond donors (Lipinski definition) is 0. The molecule has 0 unspecified atom stereocenters. The summed E-state index contributed by atoms with van der Waals surface area (Å²) in [5.41, 5.74) is 2.35. The first-order chi connectivity index (χ1) is 6.61. The van der Waals surface area contributed by atoms with Gasteiger partial charge in [0.2, 0.25) is 0 Å². The fourth-order valence-electron chi connectivity index (χ4n) is 1.45. The predicted molar refractivity (Wildman–Crippen MR) is 56.6 cm³/mol. The highest BCUT2D eigenvalue weighted by Crippen LogP contribution is 2.24. The van der Waals surface area contributed by atoms with Crippen molar-refractivity contribution >= 4 is 5.97 Å². The predicted octanol–water partition coefficient (Wildman–Crippen LogP) is 3.12. The highest BCUT2D eigenvalue weighted by molar-refractivity contribution is 5.68. The van der Waals surface area contributed by atoms with Crippen LogP contribution in [0.2, 0.25) is 0 Å². The summed E-state index contributed by atoms with van der Waals surface area (Å²) in [7, 11) is 0. The minimum atomic E-state index is -0.259. The second kappa shape index (κ2) is 4.80. The summed E-state index contributed by atoms with van der Waals surface area (Å²) in [6.07, 6.45) is 7.82. The minimum absolute atomic E-state index is 0.259. The average molecular weight is 192 g/mol. The van der Waals surface area contributed by atoms with E-state index in [-0.39, 0.29) is 5.97 Å². The molecule has 1 aliphatic rings. The molecule has 0 aromatic heterocycles. The van der Waals surface area contributed by atoms with E-state index in [0.717, 1.165) is 18.4 Å². The van der Waals surface area contributed by atoms with Gasteiger partial charge in [0.15, 0.2) is 0 Å². The van der Waals surface area contributed by atoms with Crippen molar-refractivity contribution in [2.75, 3.05) is 0 Å². The van der Waals surface area contributed by atoms with Crippen molar-refractivity contribution in [3.63, 3.8) is 0 Å². The maximum atomic E-state index is 10.9. The van der Waals surface area contributed by atoms with E-state index in [0.29, 0.717) is 5.76 Å². The molecular formula is C12H16O2. The van der Waals surface area contributed by atoms with Crippen LogP contribution in [0.1, 0.15) is 33.6 Å². The van der Waals surface area contributed by atoms with Crippen molar-refractivity contribution in [1.29, 1.82) is 0 Å². The number of esters is 1. The van der Waals surface area contributed by atoms with Gasteiger partial charge in [0.1, 0.15) is 5.76 Å². The second-order valence-corrected chi connectivity index (χ2v) is 3.57. The van der Waals surface area contributed by atoms with E-state index in [9.17, 15) is 4.79 Å². The lowest BCUT2D eigenvalue weighted by Crippen LogP contribution is -2.02. The van der Waals surface area contributed by atoms with Gasteiger partial charge in [0.25, 0.3) is 0 Å². The first kappa shape index (κ1) is 10.8. The van der Waals surface area contributed by atoms with Gasteiger partial charge in [-0.15, -0.1) is 0 Å². The van der Waals surface area contributed by atoms with E-state index < -0.39 is 0 Å². The van der Waals surface area contributed by atoms with Crippen molar-refractivity contribution in [1.82, 2.24) is 0 Å². The van der Waals surface area contributed by atoms with Crippen LogP contribution < -0.4 is 0 Å². The molecular weight excluding hydrogens is 176 g/mol. The van der Waals surface area contributed by atoms with Gasteiger partial charge in [-0.3, -0.25) is 4.79 Å². The van der Waals surface area contributed by atoms with Crippen LogP contribution in [-0.2, 0) is 9.53 Å². The third-order valence-corrected chi connectivity index (χ3v) is 2.10. The number of hydrogen-bond acceptors (Lipinski definition) is 2. The smallest absolute Gasteiger partial charge is 0.308 e. The molecule has 0 N–H and O–H groups in total. The molecule has 0 amide bonds. The molecule has 0 bridgehead atoms. The fourth-order valence-corrected chi connectivity index (χ4v) is 1.45. The number of allylic oxidation sites excluding steroid dienone is 5. The summed E-state index contributed by atoms with van der Waals surface area (Å²) in [5.74, 6) is 0.441. The molecule has 0 aromatic carbocycles. The van der Waals surface area contributed by atoms with Crippen LogP contribution in [0.5, 0.6) is 0 Å². The largest absolute Gasteiger partial charge is 0.426 e. The molecule has 1 aliphatic carbocycles. The number of rotatable bonds is 1. The average Bonchev–Trinajstić information content (AvgIpc) is 2.28. The van der Waals surface area contributed by atoms with Gasteiger partial charge in [0, 0.05) is 6.92 Å². The Morgan fingerprint density at radius 1 is 1.36 bits per heavy atom. The van der Waals surface area contributed by atoms with Gasteiger partial charge < -0.3 is 4.74 Å². The Bertz CT molecular complexity index is 315. The lowest BCUT2D eigenvalue weighted by molar-refractivity contribution is -0.136. The van der Waals surface area contributed by atoms with Gasteiger partial charge in [-0.2, -0.15) is 0 Å². The maximum absolute atomic E-state index is 10.9. The Hall–Kier alpha value is -1.31. The van der Waals surface area contributed by atoms with Crippen LogP contribution in [0.25, 0.3) is 0 Å². The zero-order valence-corrected chi connectivity index (χ0v) is 8.96. The quantitative estimate of drug-likeness (QED) is 0.597. The SMILES string of the molecule is CC(=O)OC1=CC=CCCC1=C(C)C. The summed E-state index contributed by atoms with van der Waals surface area (Å²) in [6, 6.07) is 0. The number of carbonyl (C=O) groups is 1. The summed E-state index contributed by atoms with van der Waals surface area (Å²) >= 11 is 0. The molecule has 0 heterocycles. The van der Waals surface area contributed by atoms with Crippen LogP contribution in [0.4, 0.5) is 0 Å². The van der Waals surface area contributed by atoms with Crippen molar-refractivity contribution in [3.05, 3.63) is 35.1 Å². The maximum Gasteiger partial charge on any atom is 0.308 e. The van der Waals surface area contributed by atoms with E-state index in [1.807, 2.05) is 26.0 Å².